The Bertz CT molecular complexity index is 2690. The summed E-state index contributed by atoms with van der Waals surface area (Å²) in [6.45, 7) is 12.7. The molecular formula is C48H57N10O8P. The van der Waals surface area contributed by atoms with E-state index in [-0.39, 0.29) is 53.9 Å². The van der Waals surface area contributed by atoms with E-state index >= 15 is 0 Å². The van der Waals surface area contributed by atoms with Crippen molar-refractivity contribution in [3.8, 4) is 22.9 Å². The third-order valence-electron chi connectivity index (χ3n) is 13.1. The molecule has 2 saturated heterocycles. The molecule has 0 saturated carbocycles. The summed E-state index contributed by atoms with van der Waals surface area (Å²) in [5.74, 6) is -0.264. The zero-order valence-corrected chi connectivity index (χ0v) is 38.9. The van der Waals surface area contributed by atoms with Crippen molar-refractivity contribution >= 4 is 31.2 Å². The standard InChI is InChI=1S/C48H57N10O8P/c1-4-66-67(63,64)47(56-15-13-54(14-16-56)26-31-5-6-34-27-58(28-35(34)21-31)46(62)39-22-38(30(2)3)41(59)23-42(39)60)33-9-7-32(8-10-33)45(61)57-12-11-37-40(29-57)52-43(36-24-50-48(49)51-25-36)53-44(37)55-17-19-65-20-18-55/h5-10,21-25,30,47,59-60H,4,11-20,26-29H2,1-3H3,(H,63,64)(H2,49,50,51). The number of anilines is 2. The lowest BCUT2D eigenvalue weighted by molar-refractivity contribution is 0.0729. The molecule has 67 heavy (non-hydrogen) atoms. The van der Waals surface area contributed by atoms with E-state index in [1.54, 1.807) is 59.4 Å². The molecule has 18 nitrogen and oxygen atoms in total. The molecule has 5 aromatic rings. The molecule has 2 aromatic heterocycles. The van der Waals surface area contributed by atoms with Gasteiger partial charge in [0.05, 0.1) is 43.2 Å². The van der Waals surface area contributed by atoms with E-state index in [4.69, 9.17) is 25.0 Å². The largest absolute Gasteiger partial charge is 0.508 e. The summed E-state index contributed by atoms with van der Waals surface area (Å²) in [7, 11) is -4.18. The van der Waals surface area contributed by atoms with Gasteiger partial charge in [-0.3, -0.25) is 24.0 Å². The number of phenols is 2. The van der Waals surface area contributed by atoms with Gasteiger partial charge in [-0.15, -0.1) is 0 Å². The average molecular weight is 933 g/mol. The molecule has 4 aliphatic rings. The number of nitrogens with zero attached hydrogens (tertiary/aromatic N) is 9. The maximum absolute atomic E-state index is 14.1. The van der Waals surface area contributed by atoms with E-state index in [0.717, 1.165) is 33.8 Å². The highest BCUT2D eigenvalue weighted by molar-refractivity contribution is 7.53. The van der Waals surface area contributed by atoms with Crippen molar-refractivity contribution in [2.45, 2.75) is 65.1 Å². The molecule has 0 bridgehead atoms. The Morgan fingerprint density at radius 3 is 2.25 bits per heavy atom. The number of amides is 2. The molecule has 0 radical (unpaired) electrons. The second kappa shape index (κ2) is 19.3. The predicted molar refractivity (Wildman–Crippen MR) is 250 cm³/mol. The topological polar surface area (TPSA) is 224 Å². The third-order valence-corrected chi connectivity index (χ3v) is 15.0. The number of piperazine rings is 1. The fourth-order valence-corrected chi connectivity index (χ4v) is 11.3. The second-order valence-electron chi connectivity index (χ2n) is 17.8. The zero-order chi connectivity index (χ0) is 47.0. The highest BCUT2D eigenvalue weighted by Gasteiger charge is 2.40. The van der Waals surface area contributed by atoms with Crippen LogP contribution in [0, 0.1) is 0 Å². The van der Waals surface area contributed by atoms with Crippen LogP contribution < -0.4 is 10.6 Å². The number of carbonyl (C=O) groups is 2. The van der Waals surface area contributed by atoms with Crippen molar-refractivity contribution in [3.63, 3.8) is 0 Å². The zero-order valence-electron chi connectivity index (χ0n) is 38.0. The smallest absolute Gasteiger partial charge is 0.349 e. The maximum atomic E-state index is 14.1. The van der Waals surface area contributed by atoms with E-state index in [9.17, 15) is 29.3 Å². The first kappa shape index (κ1) is 46.1. The van der Waals surface area contributed by atoms with Crippen molar-refractivity contribution < 1.29 is 38.5 Å². The summed E-state index contributed by atoms with van der Waals surface area (Å²) in [4.78, 5) is 67.2. The molecule has 352 valence electrons. The first-order chi connectivity index (χ1) is 32.3. The van der Waals surface area contributed by atoms with Gasteiger partial charge in [-0.2, -0.15) is 0 Å². The number of ether oxygens (including phenoxy) is 1. The number of fused-ring (bicyclic) bond motifs is 2. The molecule has 2 unspecified atom stereocenters. The Morgan fingerprint density at radius 2 is 1.55 bits per heavy atom. The fraction of sp³-hybridized carbons (Fsp3) is 0.417. The molecular weight excluding hydrogens is 876 g/mol. The number of benzene rings is 3. The number of hydrogen-bond acceptors (Lipinski definition) is 15. The summed E-state index contributed by atoms with van der Waals surface area (Å²) >= 11 is 0. The van der Waals surface area contributed by atoms with Crippen molar-refractivity contribution in [2.75, 3.05) is 76.3 Å². The summed E-state index contributed by atoms with van der Waals surface area (Å²) < 4.78 is 25.1. The minimum atomic E-state index is -4.18. The van der Waals surface area contributed by atoms with Crippen molar-refractivity contribution in [3.05, 3.63) is 117 Å². The Kier molecular flexibility index (Phi) is 13.3. The normalized spacial score (nSPS) is 18.1. The average Bonchev–Trinajstić information content (AvgIpc) is 3.75. The lowest BCUT2D eigenvalue weighted by Crippen LogP contribution is -2.47. The van der Waals surface area contributed by atoms with Crippen LogP contribution in [0.4, 0.5) is 11.8 Å². The number of rotatable bonds is 12. The van der Waals surface area contributed by atoms with Crippen LogP contribution >= 0.6 is 7.60 Å². The van der Waals surface area contributed by atoms with Gasteiger partial charge in [0.15, 0.2) is 5.82 Å². The Hall–Kier alpha value is -6.01. The van der Waals surface area contributed by atoms with E-state index in [2.05, 4.69) is 38.0 Å². The third kappa shape index (κ3) is 9.73. The van der Waals surface area contributed by atoms with E-state index in [0.29, 0.717) is 113 Å². The molecule has 6 heterocycles. The van der Waals surface area contributed by atoms with Crippen LogP contribution in [0.2, 0.25) is 0 Å². The van der Waals surface area contributed by atoms with Crippen molar-refractivity contribution in [1.82, 2.24) is 39.5 Å². The lowest BCUT2D eigenvalue weighted by Gasteiger charge is -2.40. The second-order valence-corrected chi connectivity index (χ2v) is 19.7. The highest BCUT2D eigenvalue weighted by atomic mass is 31.2. The molecule has 2 amide bonds. The molecule has 5 N–H and O–H groups in total. The van der Waals surface area contributed by atoms with Crippen LogP contribution in [0.1, 0.15) is 92.3 Å². The number of nitrogens with two attached hydrogens (primary N) is 1. The van der Waals surface area contributed by atoms with Crippen molar-refractivity contribution in [2.24, 2.45) is 0 Å². The molecule has 2 atom stereocenters. The van der Waals surface area contributed by atoms with Gasteiger partial charge in [0, 0.05) is 95.0 Å². The Morgan fingerprint density at radius 1 is 0.836 bits per heavy atom. The molecule has 0 aliphatic carbocycles. The van der Waals surface area contributed by atoms with Gasteiger partial charge >= 0.3 is 7.60 Å². The van der Waals surface area contributed by atoms with Crippen LogP contribution in [0.5, 0.6) is 11.5 Å². The number of phenolic OH excluding ortho intramolecular Hbond substituents is 2. The number of hydrogen-bond donors (Lipinski definition) is 4. The van der Waals surface area contributed by atoms with E-state index in [1.807, 2.05) is 18.7 Å². The first-order valence-corrected chi connectivity index (χ1v) is 24.5. The van der Waals surface area contributed by atoms with Gasteiger partial charge in [0.1, 0.15) is 23.1 Å². The summed E-state index contributed by atoms with van der Waals surface area (Å²) in [5, 5.41) is 20.9. The van der Waals surface area contributed by atoms with Gasteiger partial charge in [-0.25, -0.2) is 19.9 Å². The van der Waals surface area contributed by atoms with Crippen LogP contribution in [0.3, 0.4) is 0 Å². The molecule has 2 fully saturated rings. The van der Waals surface area contributed by atoms with Crippen LogP contribution in [-0.2, 0) is 46.4 Å². The number of aromatic nitrogens is 4. The minimum absolute atomic E-state index is 0.0211. The van der Waals surface area contributed by atoms with Gasteiger partial charge in [-0.05, 0) is 65.3 Å². The van der Waals surface area contributed by atoms with Crippen LogP contribution in [0.15, 0.2) is 67.0 Å². The first-order valence-electron chi connectivity index (χ1n) is 22.8. The van der Waals surface area contributed by atoms with E-state index in [1.165, 1.54) is 6.07 Å². The number of morpholine rings is 1. The summed E-state index contributed by atoms with van der Waals surface area (Å²) in [5.41, 5.74) is 13.1. The number of nitrogen functional groups attached to an aromatic ring is 1. The highest BCUT2D eigenvalue weighted by Crippen LogP contribution is 2.58. The van der Waals surface area contributed by atoms with Gasteiger partial charge < -0.3 is 44.8 Å². The van der Waals surface area contributed by atoms with Gasteiger partial charge in [0.25, 0.3) is 11.8 Å². The van der Waals surface area contributed by atoms with Gasteiger partial charge in [-0.1, -0.05) is 44.2 Å². The number of carbonyl (C=O) groups excluding carboxylic acids is 2. The fourth-order valence-electron chi connectivity index (χ4n) is 9.56. The van der Waals surface area contributed by atoms with Gasteiger partial charge in [0.2, 0.25) is 5.95 Å². The molecule has 3 aromatic carbocycles. The number of aromatic hydroxyl groups is 2. The SMILES string of the molecule is CCOP(=O)(O)C(c1ccc(C(=O)N2CCc3c(nc(-c4cnc(N)nc4)nc3N3CCOCC3)C2)cc1)N1CCN(Cc2ccc3c(c2)CN(C(=O)c2cc(C(C)C)c(O)cc2O)C3)CC1. The van der Waals surface area contributed by atoms with Crippen LogP contribution in [-0.4, -0.2) is 132 Å². The predicted octanol–water partition coefficient (Wildman–Crippen LogP) is 5.28. The van der Waals surface area contributed by atoms with Crippen molar-refractivity contribution in [1.29, 1.82) is 0 Å². The summed E-state index contributed by atoms with van der Waals surface area (Å²) in [6.07, 6.45) is 3.76. The van der Waals surface area contributed by atoms with Crippen LogP contribution in [0.25, 0.3) is 11.4 Å². The quantitative estimate of drug-likeness (QED) is 0.117. The molecule has 19 heteroatoms. The maximum Gasteiger partial charge on any atom is 0.349 e. The lowest BCUT2D eigenvalue weighted by atomic mass is 9.98. The Balaban J connectivity index is 0.856. The monoisotopic (exact) mass is 932 g/mol. The molecule has 4 aliphatic heterocycles. The minimum Gasteiger partial charge on any atom is -0.508 e. The Labute approximate surface area is 389 Å². The molecule has 0 spiro atoms. The molecule has 9 rings (SSSR count). The van der Waals surface area contributed by atoms with E-state index < -0.39 is 13.4 Å². The summed E-state index contributed by atoms with van der Waals surface area (Å²) in [6, 6.07) is 16.0.